The van der Waals surface area contributed by atoms with Gasteiger partial charge < -0.3 is 9.84 Å². The standard InChI is InChI=1S/C16H30N2O3/c1-4-12(2)18(9-10-21-3)14-7-8-16(11-14,15(19)20)17-13-5-6-13/h12-14,17H,4-11H2,1-3H3,(H,19,20). The summed E-state index contributed by atoms with van der Waals surface area (Å²) in [6.45, 7) is 6.00. The molecule has 2 saturated carbocycles. The third-order valence-corrected chi connectivity index (χ3v) is 5.14. The number of methoxy groups -OCH3 is 1. The highest BCUT2D eigenvalue weighted by Crippen LogP contribution is 2.37. The predicted molar refractivity (Wildman–Crippen MR) is 82.5 cm³/mol. The van der Waals surface area contributed by atoms with E-state index in [-0.39, 0.29) is 0 Å². The number of carbonyl (C=O) groups is 1. The van der Waals surface area contributed by atoms with Crippen molar-refractivity contribution in [1.82, 2.24) is 10.2 Å². The van der Waals surface area contributed by atoms with Gasteiger partial charge in [0.05, 0.1) is 6.61 Å². The fraction of sp³-hybridized carbons (Fsp3) is 0.938. The average Bonchev–Trinajstić information content (AvgIpc) is 3.17. The van der Waals surface area contributed by atoms with Crippen molar-refractivity contribution in [2.75, 3.05) is 20.3 Å². The number of aliphatic carboxylic acids is 1. The first kappa shape index (κ1) is 16.7. The van der Waals surface area contributed by atoms with E-state index in [0.717, 1.165) is 38.6 Å². The molecule has 5 nitrogen and oxygen atoms in total. The molecule has 0 radical (unpaired) electrons. The van der Waals surface area contributed by atoms with Gasteiger partial charge in [0, 0.05) is 31.8 Å². The summed E-state index contributed by atoms with van der Waals surface area (Å²) in [6, 6.07) is 1.24. The van der Waals surface area contributed by atoms with Crippen LogP contribution in [0.15, 0.2) is 0 Å². The second-order valence-corrected chi connectivity index (χ2v) is 6.69. The largest absolute Gasteiger partial charge is 0.480 e. The Morgan fingerprint density at radius 3 is 2.71 bits per heavy atom. The van der Waals surface area contributed by atoms with Gasteiger partial charge in [-0.2, -0.15) is 0 Å². The smallest absolute Gasteiger partial charge is 0.323 e. The maximum Gasteiger partial charge on any atom is 0.323 e. The van der Waals surface area contributed by atoms with Crippen molar-refractivity contribution >= 4 is 5.97 Å². The van der Waals surface area contributed by atoms with Crippen molar-refractivity contribution in [3.05, 3.63) is 0 Å². The van der Waals surface area contributed by atoms with Crippen LogP contribution in [0.4, 0.5) is 0 Å². The molecular formula is C16H30N2O3. The Morgan fingerprint density at radius 1 is 1.48 bits per heavy atom. The van der Waals surface area contributed by atoms with Crippen molar-refractivity contribution in [1.29, 1.82) is 0 Å². The molecule has 2 aliphatic carbocycles. The van der Waals surface area contributed by atoms with Gasteiger partial charge in [-0.05, 0) is 45.4 Å². The Bertz CT molecular complexity index is 359. The van der Waals surface area contributed by atoms with E-state index in [1.54, 1.807) is 7.11 Å². The third-order valence-electron chi connectivity index (χ3n) is 5.14. The Kier molecular flexibility index (Phi) is 5.63. The van der Waals surface area contributed by atoms with Crippen LogP contribution in [0.1, 0.15) is 52.4 Å². The maximum atomic E-state index is 11.8. The molecule has 0 aromatic rings. The van der Waals surface area contributed by atoms with Crippen LogP contribution in [0.25, 0.3) is 0 Å². The summed E-state index contributed by atoms with van der Waals surface area (Å²) in [5.41, 5.74) is -0.704. The van der Waals surface area contributed by atoms with E-state index >= 15 is 0 Å². The number of carboxylic acid groups (broad SMARTS) is 1. The molecule has 2 fully saturated rings. The Labute approximate surface area is 128 Å². The van der Waals surface area contributed by atoms with E-state index in [1.165, 1.54) is 0 Å². The van der Waals surface area contributed by atoms with Crippen LogP contribution in [0, 0.1) is 0 Å². The summed E-state index contributed by atoms with van der Waals surface area (Å²) < 4.78 is 5.23. The molecule has 2 N–H and O–H groups in total. The number of nitrogens with zero attached hydrogens (tertiary/aromatic N) is 1. The van der Waals surface area contributed by atoms with Crippen LogP contribution in [-0.4, -0.2) is 59.9 Å². The summed E-state index contributed by atoms with van der Waals surface area (Å²) in [4.78, 5) is 14.2. The predicted octanol–water partition coefficient (Wildman–Crippen LogP) is 1.86. The van der Waals surface area contributed by atoms with Gasteiger partial charge in [-0.3, -0.25) is 15.0 Å². The van der Waals surface area contributed by atoms with Crippen molar-refractivity contribution in [2.24, 2.45) is 0 Å². The van der Waals surface area contributed by atoms with Crippen molar-refractivity contribution in [3.8, 4) is 0 Å². The molecular weight excluding hydrogens is 268 g/mol. The second kappa shape index (κ2) is 7.07. The van der Waals surface area contributed by atoms with Gasteiger partial charge in [0.15, 0.2) is 0 Å². The van der Waals surface area contributed by atoms with E-state index in [1.807, 2.05) is 0 Å². The van der Waals surface area contributed by atoms with Crippen LogP contribution >= 0.6 is 0 Å². The first-order valence-corrected chi connectivity index (χ1v) is 8.28. The van der Waals surface area contributed by atoms with Crippen LogP contribution in [0.5, 0.6) is 0 Å². The summed E-state index contributed by atoms with van der Waals surface area (Å²) in [5.74, 6) is -0.673. The van der Waals surface area contributed by atoms with Crippen LogP contribution in [-0.2, 0) is 9.53 Å². The summed E-state index contributed by atoms with van der Waals surface area (Å²) >= 11 is 0. The monoisotopic (exact) mass is 298 g/mol. The van der Waals surface area contributed by atoms with Gasteiger partial charge in [-0.25, -0.2) is 0 Å². The molecule has 2 aliphatic rings. The van der Waals surface area contributed by atoms with Gasteiger partial charge in [0.2, 0.25) is 0 Å². The minimum Gasteiger partial charge on any atom is -0.480 e. The van der Waals surface area contributed by atoms with E-state index in [2.05, 4.69) is 24.1 Å². The number of hydrogen-bond donors (Lipinski definition) is 2. The van der Waals surface area contributed by atoms with Crippen LogP contribution in [0.2, 0.25) is 0 Å². The van der Waals surface area contributed by atoms with Crippen molar-refractivity contribution in [3.63, 3.8) is 0 Å². The number of hydrogen-bond acceptors (Lipinski definition) is 4. The molecule has 21 heavy (non-hydrogen) atoms. The molecule has 0 spiro atoms. The molecule has 122 valence electrons. The molecule has 5 heteroatoms. The number of ether oxygens (including phenoxy) is 1. The zero-order chi connectivity index (χ0) is 15.5. The minimum atomic E-state index is -0.704. The minimum absolute atomic E-state index is 0.345. The van der Waals surface area contributed by atoms with Gasteiger partial charge in [0.25, 0.3) is 0 Å². The highest BCUT2D eigenvalue weighted by atomic mass is 16.5. The third kappa shape index (κ3) is 3.96. The van der Waals surface area contributed by atoms with Crippen molar-refractivity contribution in [2.45, 2.75) is 76.0 Å². The van der Waals surface area contributed by atoms with Gasteiger partial charge in [-0.15, -0.1) is 0 Å². The molecule has 2 rings (SSSR count). The lowest BCUT2D eigenvalue weighted by molar-refractivity contribution is -0.145. The lowest BCUT2D eigenvalue weighted by Crippen LogP contribution is -2.53. The first-order valence-electron chi connectivity index (χ1n) is 8.28. The van der Waals surface area contributed by atoms with E-state index in [9.17, 15) is 9.90 Å². The Morgan fingerprint density at radius 2 is 2.19 bits per heavy atom. The zero-order valence-electron chi connectivity index (χ0n) is 13.6. The molecule has 0 aromatic carbocycles. The molecule has 3 atom stereocenters. The summed E-state index contributed by atoms with van der Waals surface area (Å²) in [6.07, 6.45) is 5.74. The molecule has 0 heterocycles. The van der Waals surface area contributed by atoms with E-state index in [4.69, 9.17) is 4.74 Å². The fourth-order valence-electron chi connectivity index (χ4n) is 3.50. The van der Waals surface area contributed by atoms with Crippen LogP contribution < -0.4 is 5.32 Å². The number of carboxylic acids is 1. The molecule has 3 unspecified atom stereocenters. The van der Waals surface area contributed by atoms with E-state index < -0.39 is 11.5 Å². The summed E-state index contributed by atoms with van der Waals surface area (Å²) in [7, 11) is 1.72. The molecule has 0 aromatic heterocycles. The SMILES string of the molecule is CCC(C)N(CCOC)C1CCC(NC2CC2)(C(=O)O)C1. The van der Waals surface area contributed by atoms with E-state index in [0.29, 0.717) is 31.2 Å². The average molecular weight is 298 g/mol. The quantitative estimate of drug-likeness (QED) is 0.680. The van der Waals surface area contributed by atoms with Gasteiger partial charge in [0.1, 0.15) is 5.54 Å². The number of nitrogens with one attached hydrogen (secondary N) is 1. The molecule has 0 bridgehead atoms. The summed E-state index contributed by atoms with van der Waals surface area (Å²) in [5, 5.41) is 13.1. The first-order chi connectivity index (χ1) is 10.0. The Balaban J connectivity index is 2.03. The number of rotatable bonds is 9. The lowest BCUT2D eigenvalue weighted by atomic mass is 9.96. The lowest BCUT2D eigenvalue weighted by Gasteiger charge is -2.35. The Hall–Kier alpha value is -0.650. The van der Waals surface area contributed by atoms with Crippen molar-refractivity contribution < 1.29 is 14.6 Å². The molecule has 0 amide bonds. The zero-order valence-corrected chi connectivity index (χ0v) is 13.6. The van der Waals surface area contributed by atoms with Crippen LogP contribution in [0.3, 0.4) is 0 Å². The molecule has 0 aliphatic heterocycles. The van der Waals surface area contributed by atoms with Gasteiger partial charge >= 0.3 is 5.97 Å². The second-order valence-electron chi connectivity index (χ2n) is 6.69. The topological polar surface area (TPSA) is 61.8 Å². The fourth-order valence-corrected chi connectivity index (χ4v) is 3.50. The molecule has 0 saturated heterocycles. The normalized spacial score (nSPS) is 30.8. The highest BCUT2D eigenvalue weighted by Gasteiger charge is 2.49. The maximum absolute atomic E-state index is 11.8. The van der Waals surface area contributed by atoms with Gasteiger partial charge in [-0.1, -0.05) is 6.92 Å². The highest BCUT2D eigenvalue weighted by molar-refractivity contribution is 5.79.